The Morgan fingerprint density at radius 3 is 2.69 bits per heavy atom. The van der Waals surface area contributed by atoms with Gasteiger partial charge in [0.25, 0.3) is 0 Å². The number of rotatable bonds is 4. The molecule has 1 saturated heterocycles. The van der Waals surface area contributed by atoms with Crippen LogP contribution in [0.2, 0.25) is 0 Å². The number of nitrogens with zero attached hydrogens (tertiary/aromatic N) is 3. The molecule has 26 heavy (non-hydrogen) atoms. The lowest BCUT2D eigenvalue weighted by atomic mass is 9.91. The zero-order valence-electron chi connectivity index (χ0n) is 14.7. The Balaban J connectivity index is 1.57. The number of hydrogen-bond acceptors (Lipinski definition) is 3. The second-order valence-corrected chi connectivity index (χ2v) is 6.86. The average Bonchev–Trinajstić information content (AvgIpc) is 2.69. The fraction of sp³-hybridized carbons (Fsp3) is 0.273. The lowest BCUT2D eigenvalue weighted by Crippen LogP contribution is -2.34. The van der Waals surface area contributed by atoms with Gasteiger partial charge in [-0.25, -0.2) is 4.39 Å². The molecule has 1 aromatic heterocycles. The Morgan fingerprint density at radius 1 is 1.00 bits per heavy atom. The molecule has 2 heterocycles. The van der Waals surface area contributed by atoms with Crippen molar-refractivity contribution in [2.75, 3.05) is 13.1 Å². The molecule has 0 N–H and O–H groups in total. The maximum Gasteiger partial charge on any atom is 0.123 e. The molecule has 1 unspecified atom stereocenters. The summed E-state index contributed by atoms with van der Waals surface area (Å²) in [7, 11) is 0. The van der Waals surface area contributed by atoms with E-state index in [-0.39, 0.29) is 5.82 Å². The van der Waals surface area contributed by atoms with Crippen LogP contribution < -0.4 is 0 Å². The van der Waals surface area contributed by atoms with Gasteiger partial charge in [0.05, 0.1) is 11.4 Å². The fourth-order valence-electron chi connectivity index (χ4n) is 3.77. The first-order valence-electron chi connectivity index (χ1n) is 9.13. The lowest BCUT2D eigenvalue weighted by Gasteiger charge is -2.33. The molecule has 1 aliphatic heterocycles. The molecule has 0 amide bonds. The van der Waals surface area contributed by atoms with Crippen molar-refractivity contribution in [1.29, 1.82) is 0 Å². The Labute approximate surface area is 153 Å². The van der Waals surface area contributed by atoms with Gasteiger partial charge in [0.15, 0.2) is 0 Å². The minimum atomic E-state index is -0.242. The molecule has 1 atom stereocenters. The standard InChI is InChI=1S/C22H22FN3/c23-20-10-4-8-18(14-20)21-22(25-12-11-24-21)19-9-5-13-26(16-19)15-17-6-2-1-3-7-17/h1-4,6-8,10-12,14,19H,5,9,13,15-16H2. The Hall–Kier alpha value is -2.59. The van der Waals surface area contributed by atoms with Crippen molar-refractivity contribution in [1.82, 2.24) is 14.9 Å². The molecule has 3 aromatic rings. The highest BCUT2D eigenvalue weighted by atomic mass is 19.1. The highest BCUT2D eigenvalue weighted by molar-refractivity contribution is 5.62. The van der Waals surface area contributed by atoms with E-state index in [4.69, 9.17) is 0 Å². The van der Waals surface area contributed by atoms with E-state index in [9.17, 15) is 4.39 Å². The molecular weight excluding hydrogens is 325 g/mol. The summed E-state index contributed by atoms with van der Waals surface area (Å²) >= 11 is 0. The summed E-state index contributed by atoms with van der Waals surface area (Å²) in [4.78, 5) is 11.6. The van der Waals surface area contributed by atoms with Crippen LogP contribution in [-0.2, 0) is 6.54 Å². The van der Waals surface area contributed by atoms with E-state index in [1.54, 1.807) is 18.5 Å². The average molecular weight is 347 g/mol. The lowest BCUT2D eigenvalue weighted by molar-refractivity contribution is 0.198. The molecule has 0 aliphatic carbocycles. The second kappa shape index (κ2) is 7.75. The second-order valence-electron chi connectivity index (χ2n) is 6.86. The molecule has 4 rings (SSSR count). The highest BCUT2D eigenvalue weighted by Crippen LogP contribution is 2.32. The third-order valence-electron chi connectivity index (χ3n) is 4.97. The number of halogens is 1. The van der Waals surface area contributed by atoms with Crippen LogP contribution in [0, 0.1) is 5.82 Å². The van der Waals surface area contributed by atoms with Gasteiger partial charge >= 0.3 is 0 Å². The molecule has 0 bridgehead atoms. The van der Waals surface area contributed by atoms with Crippen LogP contribution in [0.25, 0.3) is 11.3 Å². The first-order valence-corrected chi connectivity index (χ1v) is 9.13. The Bertz CT molecular complexity index is 866. The zero-order valence-corrected chi connectivity index (χ0v) is 14.7. The third kappa shape index (κ3) is 3.81. The SMILES string of the molecule is Fc1cccc(-c2nccnc2C2CCCN(Cc3ccccc3)C2)c1. The van der Waals surface area contributed by atoms with Gasteiger partial charge in [-0.15, -0.1) is 0 Å². The third-order valence-corrected chi connectivity index (χ3v) is 4.97. The molecule has 0 spiro atoms. The van der Waals surface area contributed by atoms with Crippen molar-refractivity contribution in [2.45, 2.75) is 25.3 Å². The molecule has 3 nitrogen and oxygen atoms in total. The number of benzene rings is 2. The van der Waals surface area contributed by atoms with Crippen LogP contribution in [0.4, 0.5) is 4.39 Å². The Kier molecular flexibility index (Phi) is 5.02. The van der Waals surface area contributed by atoms with Crippen molar-refractivity contribution in [3.8, 4) is 11.3 Å². The number of hydrogen-bond donors (Lipinski definition) is 0. The van der Waals surface area contributed by atoms with E-state index in [0.717, 1.165) is 49.4 Å². The minimum Gasteiger partial charge on any atom is -0.298 e. The van der Waals surface area contributed by atoms with Crippen LogP contribution in [-0.4, -0.2) is 28.0 Å². The van der Waals surface area contributed by atoms with Crippen LogP contribution >= 0.6 is 0 Å². The number of likely N-dealkylation sites (tertiary alicyclic amines) is 1. The van der Waals surface area contributed by atoms with Crippen LogP contribution in [0.3, 0.4) is 0 Å². The van der Waals surface area contributed by atoms with Crippen LogP contribution in [0.1, 0.15) is 30.0 Å². The topological polar surface area (TPSA) is 29.0 Å². The number of piperidine rings is 1. The fourth-order valence-corrected chi connectivity index (χ4v) is 3.77. The van der Waals surface area contributed by atoms with Gasteiger partial charge in [-0.05, 0) is 37.1 Å². The quantitative estimate of drug-likeness (QED) is 0.687. The molecule has 2 aromatic carbocycles. The monoisotopic (exact) mass is 347 g/mol. The maximum absolute atomic E-state index is 13.7. The smallest absolute Gasteiger partial charge is 0.123 e. The zero-order chi connectivity index (χ0) is 17.8. The predicted molar refractivity (Wildman–Crippen MR) is 101 cm³/mol. The summed E-state index contributed by atoms with van der Waals surface area (Å²) in [6, 6.07) is 17.2. The predicted octanol–water partition coefficient (Wildman–Crippen LogP) is 4.66. The van der Waals surface area contributed by atoms with Gasteiger partial charge in [0.1, 0.15) is 5.82 Å². The molecule has 1 fully saturated rings. The van der Waals surface area contributed by atoms with Crippen molar-refractivity contribution in [3.63, 3.8) is 0 Å². The van der Waals surface area contributed by atoms with Crippen molar-refractivity contribution >= 4 is 0 Å². The van der Waals surface area contributed by atoms with Crippen molar-refractivity contribution in [2.24, 2.45) is 0 Å². The maximum atomic E-state index is 13.7. The first-order chi connectivity index (χ1) is 12.8. The van der Waals surface area contributed by atoms with Gasteiger partial charge in [-0.1, -0.05) is 42.5 Å². The van der Waals surface area contributed by atoms with Gasteiger partial charge < -0.3 is 0 Å². The van der Waals surface area contributed by atoms with Gasteiger partial charge in [0, 0.05) is 37.0 Å². The van der Waals surface area contributed by atoms with Gasteiger partial charge in [-0.3, -0.25) is 14.9 Å². The molecule has 0 radical (unpaired) electrons. The molecule has 4 heteroatoms. The van der Waals surface area contributed by atoms with E-state index in [2.05, 4.69) is 39.1 Å². The van der Waals surface area contributed by atoms with E-state index in [1.807, 2.05) is 12.1 Å². The van der Waals surface area contributed by atoms with Gasteiger partial charge in [0.2, 0.25) is 0 Å². The van der Waals surface area contributed by atoms with E-state index in [0.29, 0.717) is 5.92 Å². The summed E-state index contributed by atoms with van der Waals surface area (Å²) in [5.74, 6) is 0.0767. The van der Waals surface area contributed by atoms with E-state index < -0.39 is 0 Å². The minimum absolute atomic E-state index is 0.242. The summed E-state index contributed by atoms with van der Waals surface area (Å²) in [5.41, 5.74) is 3.92. The molecular formula is C22H22FN3. The Morgan fingerprint density at radius 2 is 1.85 bits per heavy atom. The number of aromatic nitrogens is 2. The summed E-state index contributed by atoms with van der Waals surface area (Å²) < 4.78 is 13.7. The van der Waals surface area contributed by atoms with Gasteiger partial charge in [-0.2, -0.15) is 0 Å². The molecule has 1 aliphatic rings. The summed E-state index contributed by atoms with van der Waals surface area (Å²) in [5, 5.41) is 0. The van der Waals surface area contributed by atoms with Crippen LogP contribution in [0.15, 0.2) is 67.0 Å². The molecule has 0 saturated carbocycles. The van der Waals surface area contributed by atoms with Crippen LogP contribution in [0.5, 0.6) is 0 Å². The molecule has 132 valence electrons. The highest BCUT2D eigenvalue weighted by Gasteiger charge is 2.25. The summed E-state index contributed by atoms with van der Waals surface area (Å²) in [6.07, 6.45) is 5.66. The van der Waals surface area contributed by atoms with Crippen molar-refractivity contribution in [3.05, 3.63) is 84.1 Å². The summed E-state index contributed by atoms with van der Waals surface area (Å²) in [6.45, 7) is 3.00. The van der Waals surface area contributed by atoms with E-state index >= 15 is 0 Å². The largest absolute Gasteiger partial charge is 0.298 e. The first kappa shape index (κ1) is 16.9. The van der Waals surface area contributed by atoms with E-state index in [1.165, 1.54) is 17.7 Å². The normalized spacial score (nSPS) is 18.0. The van der Waals surface area contributed by atoms with Crippen molar-refractivity contribution < 1.29 is 4.39 Å².